The molecule has 2 aromatic carbocycles. The minimum Gasteiger partial charge on any atom is -0.494 e. The summed E-state index contributed by atoms with van der Waals surface area (Å²) < 4.78 is 11.2. The number of amides is 1. The van der Waals surface area contributed by atoms with Crippen molar-refractivity contribution in [2.75, 3.05) is 6.61 Å². The minimum absolute atomic E-state index is 0.0662. The number of benzene rings is 2. The van der Waals surface area contributed by atoms with E-state index in [-0.39, 0.29) is 17.8 Å². The molecule has 1 saturated heterocycles. The van der Waals surface area contributed by atoms with Crippen LogP contribution in [0.1, 0.15) is 37.9 Å². The first-order chi connectivity index (χ1) is 15.0. The van der Waals surface area contributed by atoms with Gasteiger partial charge in [0.2, 0.25) is 5.91 Å². The van der Waals surface area contributed by atoms with Crippen molar-refractivity contribution in [3.05, 3.63) is 77.0 Å². The van der Waals surface area contributed by atoms with Gasteiger partial charge in [-0.15, -0.1) is 0 Å². The summed E-state index contributed by atoms with van der Waals surface area (Å²) in [6.07, 6.45) is 0. The molecule has 0 N–H and O–H groups in total. The largest absolute Gasteiger partial charge is 0.494 e. The van der Waals surface area contributed by atoms with Crippen LogP contribution in [0, 0.1) is 0 Å². The monoisotopic (exact) mass is 436 g/mol. The molecule has 0 unspecified atom stereocenters. The summed E-state index contributed by atoms with van der Waals surface area (Å²) in [6.45, 7) is 6.29. The SMILES string of the molecule is CCOc1ccc([C@H]2C(C(=O)OCc3ccccc3)=C(C)N=C3S[C@H](C)C(=O)N32)cc1. The van der Waals surface area contributed by atoms with Gasteiger partial charge in [0, 0.05) is 0 Å². The highest BCUT2D eigenvalue weighted by Gasteiger charge is 2.46. The van der Waals surface area contributed by atoms with E-state index in [9.17, 15) is 9.59 Å². The van der Waals surface area contributed by atoms with Crippen molar-refractivity contribution in [1.82, 2.24) is 4.90 Å². The number of hydrogen-bond acceptors (Lipinski definition) is 6. The number of esters is 1. The molecule has 4 rings (SSSR count). The Labute approximate surface area is 185 Å². The summed E-state index contributed by atoms with van der Waals surface area (Å²) in [5.74, 6) is 0.198. The zero-order chi connectivity index (χ0) is 22.0. The molecular weight excluding hydrogens is 412 g/mol. The highest BCUT2D eigenvalue weighted by atomic mass is 32.2. The average molecular weight is 437 g/mol. The van der Waals surface area contributed by atoms with E-state index in [4.69, 9.17) is 9.47 Å². The fraction of sp³-hybridized carbons (Fsp3) is 0.292. The van der Waals surface area contributed by atoms with Crippen LogP contribution >= 0.6 is 11.8 Å². The van der Waals surface area contributed by atoms with E-state index in [1.54, 1.807) is 11.8 Å². The van der Waals surface area contributed by atoms with Gasteiger partial charge in [-0.05, 0) is 44.0 Å². The standard InChI is InChI=1S/C24H24N2O4S/c1-4-29-19-12-10-18(11-13-19)21-20(23(28)30-14-17-8-6-5-7-9-17)15(2)25-24-26(21)22(27)16(3)31-24/h5-13,16,21H,4,14H2,1-3H3/t16-,21+/m1/s1. The van der Waals surface area contributed by atoms with Crippen LogP contribution in [0.4, 0.5) is 0 Å². The zero-order valence-electron chi connectivity index (χ0n) is 17.7. The van der Waals surface area contributed by atoms with Gasteiger partial charge in [0.15, 0.2) is 5.17 Å². The van der Waals surface area contributed by atoms with E-state index in [1.165, 1.54) is 11.8 Å². The Morgan fingerprint density at radius 1 is 1.13 bits per heavy atom. The molecule has 0 saturated carbocycles. The van der Waals surface area contributed by atoms with E-state index in [0.717, 1.165) is 16.9 Å². The molecule has 0 bridgehead atoms. The molecule has 0 spiro atoms. The van der Waals surface area contributed by atoms with Crippen LogP contribution in [0.5, 0.6) is 5.75 Å². The van der Waals surface area contributed by atoms with E-state index < -0.39 is 12.0 Å². The third kappa shape index (κ3) is 4.23. The fourth-order valence-electron chi connectivity index (χ4n) is 3.69. The third-order valence-corrected chi connectivity index (χ3v) is 6.25. The van der Waals surface area contributed by atoms with Gasteiger partial charge < -0.3 is 9.47 Å². The molecule has 2 aliphatic heterocycles. The summed E-state index contributed by atoms with van der Waals surface area (Å²) in [6, 6.07) is 16.4. The zero-order valence-corrected chi connectivity index (χ0v) is 18.5. The number of aliphatic imine (C=N–C) groups is 1. The molecule has 31 heavy (non-hydrogen) atoms. The summed E-state index contributed by atoms with van der Waals surface area (Å²) in [5, 5.41) is 0.366. The van der Waals surface area contributed by atoms with Crippen molar-refractivity contribution in [1.29, 1.82) is 0 Å². The summed E-state index contributed by atoms with van der Waals surface area (Å²) >= 11 is 1.41. The highest BCUT2D eigenvalue weighted by molar-refractivity contribution is 8.15. The number of fused-ring (bicyclic) bond motifs is 1. The third-order valence-electron chi connectivity index (χ3n) is 5.20. The number of carbonyl (C=O) groups excluding carboxylic acids is 2. The minimum atomic E-state index is -0.587. The Balaban J connectivity index is 1.69. The van der Waals surface area contributed by atoms with Crippen LogP contribution < -0.4 is 4.74 Å². The van der Waals surface area contributed by atoms with Crippen LogP contribution in [-0.2, 0) is 20.9 Å². The molecule has 1 fully saturated rings. The van der Waals surface area contributed by atoms with E-state index in [1.807, 2.05) is 68.4 Å². The van der Waals surface area contributed by atoms with Crippen LogP contribution in [0.25, 0.3) is 0 Å². The molecule has 0 radical (unpaired) electrons. The summed E-state index contributed by atoms with van der Waals surface area (Å²) in [4.78, 5) is 32.4. The Morgan fingerprint density at radius 2 is 1.84 bits per heavy atom. The van der Waals surface area contributed by atoms with Gasteiger partial charge in [-0.3, -0.25) is 9.69 Å². The first kappa shape index (κ1) is 21.2. The molecule has 2 aromatic rings. The molecule has 7 heteroatoms. The lowest BCUT2D eigenvalue weighted by molar-refractivity contribution is -0.141. The molecule has 1 amide bonds. The fourth-order valence-corrected chi connectivity index (χ4v) is 4.72. The molecular formula is C24H24N2O4S. The number of hydrogen-bond donors (Lipinski definition) is 0. The van der Waals surface area contributed by atoms with Gasteiger partial charge >= 0.3 is 5.97 Å². The number of allylic oxidation sites excluding steroid dienone is 1. The lowest BCUT2D eigenvalue weighted by Gasteiger charge is -2.33. The predicted molar refractivity (Wildman–Crippen MR) is 121 cm³/mol. The van der Waals surface area contributed by atoms with Crippen molar-refractivity contribution >= 4 is 28.8 Å². The maximum atomic E-state index is 13.2. The maximum Gasteiger partial charge on any atom is 0.338 e. The van der Waals surface area contributed by atoms with E-state index in [0.29, 0.717) is 23.0 Å². The van der Waals surface area contributed by atoms with Crippen LogP contribution in [0.15, 0.2) is 70.9 Å². The van der Waals surface area contributed by atoms with Gasteiger partial charge in [0.05, 0.1) is 29.2 Å². The first-order valence-electron chi connectivity index (χ1n) is 10.2. The Bertz CT molecular complexity index is 1050. The van der Waals surface area contributed by atoms with Crippen LogP contribution in [0.3, 0.4) is 0 Å². The maximum absolute atomic E-state index is 13.2. The second-order valence-electron chi connectivity index (χ2n) is 7.33. The van der Waals surface area contributed by atoms with Crippen molar-refractivity contribution < 1.29 is 19.1 Å². The van der Waals surface area contributed by atoms with Crippen LogP contribution in [0.2, 0.25) is 0 Å². The smallest absolute Gasteiger partial charge is 0.338 e. The molecule has 0 aromatic heterocycles. The normalized spacial score (nSPS) is 20.4. The number of rotatable bonds is 6. The van der Waals surface area contributed by atoms with E-state index >= 15 is 0 Å². The van der Waals surface area contributed by atoms with Gasteiger partial charge in [-0.2, -0.15) is 0 Å². The van der Waals surface area contributed by atoms with Crippen molar-refractivity contribution in [2.24, 2.45) is 4.99 Å². The lowest BCUT2D eigenvalue weighted by atomic mass is 9.94. The molecule has 0 aliphatic carbocycles. The predicted octanol–water partition coefficient (Wildman–Crippen LogP) is 4.48. The number of ether oxygens (including phenoxy) is 2. The molecule has 2 aliphatic rings. The molecule has 6 nitrogen and oxygen atoms in total. The Kier molecular flexibility index (Phi) is 6.13. The molecule has 2 atom stereocenters. The second-order valence-corrected chi connectivity index (χ2v) is 8.64. The average Bonchev–Trinajstić information content (AvgIpc) is 3.05. The number of nitrogens with zero attached hydrogens (tertiary/aromatic N) is 2. The van der Waals surface area contributed by atoms with Gasteiger partial charge in [0.1, 0.15) is 12.4 Å². The Hall–Kier alpha value is -3.06. The van der Waals surface area contributed by atoms with E-state index in [2.05, 4.69) is 4.99 Å². The highest BCUT2D eigenvalue weighted by Crippen LogP contribution is 2.43. The summed E-state index contributed by atoms with van der Waals surface area (Å²) in [5.41, 5.74) is 2.66. The first-order valence-corrected chi connectivity index (χ1v) is 11.1. The second kappa shape index (κ2) is 8.98. The van der Waals surface area contributed by atoms with Gasteiger partial charge in [0.25, 0.3) is 0 Å². The number of carbonyl (C=O) groups is 2. The van der Waals surface area contributed by atoms with Crippen LogP contribution in [-0.4, -0.2) is 33.8 Å². The lowest BCUT2D eigenvalue weighted by Crippen LogP contribution is -2.40. The quantitative estimate of drug-likeness (QED) is 0.625. The molecule has 160 valence electrons. The van der Waals surface area contributed by atoms with Crippen molar-refractivity contribution in [3.63, 3.8) is 0 Å². The number of thioether (sulfide) groups is 1. The Morgan fingerprint density at radius 3 is 2.52 bits per heavy atom. The molecule has 2 heterocycles. The topological polar surface area (TPSA) is 68.2 Å². The van der Waals surface area contributed by atoms with Crippen molar-refractivity contribution in [2.45, 2.75) is 38.7 Å². The number of amidine groups is 1. The van der Waals surface area contributed by atoms with Gasteiger partial charge in [-0.1, -0.05) is 54.2 Å². The van der Waals surface area contributed by atoms with Gasteiger partial charge in [-0.25, -0.2) is 9.79 Å². The summed E-state index contributed by atoms with van der Waals surface area (Å²) in [7, 11) is 0. The van der Waals surface area contributed by atoms with Crippen molar-refractivity contribution in [3.8, 4) is 5.75 Å².